The Morgan fingerprint density at radius 3 is 2.76 bits per heavy atom. The molecular formula is C22H31N5O5S. The fourth-order valence-corrected chi connectivity index (χ4v) is 5.78. The molecular weight excluding hydrogens is 446 g/mol. The first-order chi connectivity index (χ1) is 15.6. The zero-order chi connectivity index (χ0) is 24.0. The number of nitrogens with two attached hydrogens (primary N) is 1. The summed E-state index contributed by atoms with van der Waals surface area (Å²) in [6, 6.07) is 1.30. The van der Waals surface area contributed by atoms with Crippen LogP contribution in [0.4, 0.5) is 0 Å². The van der Waals surface area contributed by atoms with Gasteiger partial charge in [0.2, 0.25) is 0 Å². The lowest BCUT2D eigenvalue weighted by Gasteiger charge is -2.20. The second-order valence-corrected chi connectivity index (χ2v) is 11.2. The average Bonchev–Trinajstić information content (AvgIpc) is 3.45. The van der Waals surface area contributed by atoms with Gasteiger partial charge in [0, 0.05) is 22.9 Å². The van der Waals surface area contributed by atoms with E-state index in [0.717, 1.165) is 60.2 Å². The largest absolute Gasteiger partial charge is 0.394 e. The van der Waals surface area contributed by atoms with Crippen LogP contribution >= 0.6 is 0 Å². The van der Waals surface area contributed by atoms with Crippen molar-refractivity contribution in [2.45, 2.75) is 82.1 Å². The molecule has 0 fully saturated rings. The third kappa shape index (κ3) is 4.60. The molecule has 0 saturated carbocycles. The minimum atomic E-state index is -3.66. The summed E-state index contributed by atoms with van der Waals surface area (Å²) in [4.78, 5) is 17.9. The Hall–Kier alpha value is -2.18. The number of amides is 1. The standard InChI is InChI=1S/C22H31N5O5S/c1-22(2)7-6-16-17(15-4-3-5-18(15)24-21(16)22)9-19(31)26-33(23,32)20-8-13(11-28)27(25-20)10-14(30)12-29/h8,14,28-30H,3-7,9-12H2,1-2H3,(H2,23,26,31,32). The number of nitrogens with zero attached hydrogens (tertiary/aromatic N) is 4. The lowest BCUT2D eigenvalue weighted by atomic mass is 9.89. The first kappa shape index (κ1) is 24.0. The minimum absolute atomic E-state index is 0.00818. The smallest absolute Gasteiger partial charge is 0.259 e. The molecule has 2 aliphatic rings. The number of carbonyl (C=O) groups excluding carboxylic acids is 1. The number of aryl methyl sites for hydroxylation is 1. The van der Waals surface area contributed by atoms with Crippen LogP contribution in [0.25, 0.3) is 0 Å². The maximum absolute atomic E-state index is 13.1. The zero-order valence-electron chi connectivity index (χ0n) is 19.0. The van der Waals surface area contributed by atoms with Gasteiger partial charge in [0.1, 0.15) is 0 Å². The van der Waals surface area contributed by atoms with Crippen molar-refractivity contribution in [2.24, 2.45) is 9.50 Å². The molecule has 0 saturated heterocycles. The van der Waals surface area contributed by atoms with Crippen molar-refractivity contribution in [3.8, 4) is 0 Å². The predicted octanol–water partition coefficient (Wildman–Crippen LogP) is 0.306. The average molecular weight is 478 g/mol. The van der Waals surface area contributed by atoms with Gasteiger partial charge in [0.25, 0.3) is 5.91 Å². The molecule has 2 heterocycles. The second kappa shape index (κ2) is 8.88. The first-order valence-electron chi connectivity index (χ1n) is 11.1. The van der Waals surface area contributed by atoms with Crippen molar-refractivity contribution in [3.05, 3.63) is 39.8 Å². The highest BCUT2D eigenvalue weighted by atomic mass is 32.2. The summed E-state index contributed by atoms with van der Waals surface area (Å²) in [5, 5.41) is 38.1. The van der Waals surface area contributed by atoms with E-state index in [1.165, 1.54) is 10.7 Å². The number of pyridine rings is 1. The number of carbonyl (C=O) groups is 1. The minimum Gasteiger partial charge on any atom is -0.394 e. The van der Waals surface area contributed by atoms with E-state index in [0.29, 0.717) is 0 Å². The number of fused-ring (bicyclic) bond motifs is 2. The Kier molecular flexibility index (Phi) is 6.45. The molecule has 5 N–H and O–H groups in total. The van der Waals surface area contributed by atoms with Crippen molar-refractivity contribution < 1.29 is 24.3 Å². The molecule has 33 heavy (non-hydrogen) atoms. The number of hydrogen-bond donors (Lipinski definition) is 4. The molecule has 0 bridgehead atoms. The van der Waals surface area contributed by atoms with E-state index < -0.39 is 35.1 Å². The topological polar surface area (TPSA) is 164 Å². The zero-order valence-corrected chi connectivity index (χ0v) is 19.8. The molecule has 4 rings (SSSR count). The van der Waals surface area contributed by atoms with Gasteiger partial charge in [-0.15, -0.1) is 4.36 Å². The molecule has 1 amide bonds. The Morgan fingerprint density at radius 2 is 2.06 bits per heavy atom. The van der Waals surface area contributed by atoms with Crippen LogP contribution in [-0.2, 0) is 59.0 Å². The molecule has 2 aromatic heterocycles. The molecule has 2 atom stereocenters. The summed E-state index contributed by atoms with van der Waals surface area (Å²) in [5.41, 5.74) is 5.47. The van der Waals surface area contributed by atoms with Crippen molar-refractivity contribution in [1.82, 2.24) is 14.8 Å². The number of rotatable bonds is 7. The number of hydrogen-bond acceptors (Lipinski definition) is 7. The fourth-order valence-electron chi connectivity index (χ4n) is 4.80. The Labute approximate surface area is 193 Å². The summed E-state index contributed by atoms with van der Waals surface area (Å²) in [5.74, 6) is -0.592. The van der Waals surface area contributed by atoms with Gasteiger partial charge >= 0.3 is 0 Å². The van der Waals surface area contributed by atoms with Gasteiger partial charge in [0.15, 0.2) is 14.9 Å². The van der Waals surface area contributed by atoms with Crippen LogP contribution in [0.3, 0.4) is 0 Å². The van der Waals surface area contributed by atoms with Crippen LogP contribution in [0.5, 0.6) is 0 Å². The van der Waals surface area contributed by atoms with E-state index in [9.17, 15) is 19.2 Å². The summed E-state index contributed by atoms with van der Waals surface area (Å²) >= 11 is 0. The van der Waals surface area contributed by atoms with Gasteiger partial charge in [0.05, 0.1) is 38.0 Å². The quantitative estimate of drug-likeness (QED) is 0.445. The van der Waals surface area contributed by atoms with Crippen LogP contribution in [0, 0.1) is 0 Å². The number of aromatic nitrogens is 3. The summed E-state index contributed by atoms with van der Waals surface area (Å²) < 4.78 is 18.1. The fraction of sp³-hybridized carbons (Fsp3) is 0.591. The summed E-state index contributed by atoms with van der Waals surface area (Å²) in [6.07, 6.45) is 3.47. The molecule has 10 nitrogen and oxygen atoms in total. The van der Waals surface area contributed by atoms with Crippen LogP contribution < -0.4 is 5.14 Å². The van der Waals surface area contributed by atoms with Crippen molar-refractivity contribution >= 4 is 15.8 Å². The van der Waals surface area contributed by atoms with E-state index in [1.807, 2.05) is 0 Å². The van der Waals surface area contributed by atoms with E-state index in [-0.39, 0.29) is 29.1 Å². The van der Waals surface area contributed by atoms with E-state index in [4.69, 9.17) is 15.2 Å². The van der Waals surface area contributed by atoms with Gasteiger partial charge in [-0.25, -0.2) is 9.35 Å². The lowest BCUT2D eigenvalue weighted by molar-refractivity contribution is -0.117. The SMILES string of the molecule is CC1(C)CCc2c1nc1c(c2CC(=O)N=S(N)(=O)c2cc(CO)n(CC(O)CO)n2)CCC1. The predicted molar refractivity (Wildman–Crippen MR) is 121 cm³/mol. The number of aliphatic hydroxyl groups excluding tert-OH is 3. The van der Waals surface area contributed by atoms with E-state index in [1.54, 1.807) is 0 Å². The van der Waals surface area contributed by atoms with Crippen LogP contribution in [0.15, 0.2) is 15.5 Å². The molecule has 2 aromatic rings. The Bertz CT molecular complexity index is 1210. The maximum atomic E-state index is 13.1. The molecule has 0 aromatic carbocycles. The van der Waals surface area contributed by atoms with Gasteiger partial charge in [-0.05, 0) is 48.8 Å². The number of aliphatic hydroxyl groups is 3. The molecule has 0 radical (unpaired) electrons. The highest BCUT2D eigenvalue weighted by Gasteiger charge is 2.36. The molecule has 0 aliphatic heterocycles. The van der Waals surface area contributed by atoms with Crippen molar-refractivity contribution in [2.75, 3.05) is 6.61 Å². The van der Waals surface area contributed by atoms with Gasteiger partial charge in [-0.2, -0.15) is 5.10 Å². The molecule has 2 unspecified atom stereocenters. The van der Waals surface area contributed by atoms with Gasteiger partial charge in [-0.3, -0.25) is 14.5 Å². The monoisotopic (exact) mass is 477 g/mol. The lowest BCUT2D eigenvalue weighted by Crippen LogP contribution is -2.23. The maximum Gasteiger partial charge on any atom is 0.259 e. The Morgan fingerprint density at radius 1 is 1.30 bits per heavy atom. The van der Waals surface area contributed by atoms with Crippen LogP contribution in [0.2, 0.25) is 0 Å². The van der Waals surface area contributed by atoms with E-state index in [2.05, 4.69) is 23.3 Å². The molecule has 2 aliphatic carbocycles. The highest BCUT2D eigenvalue weighted by molar-refractivity contribution is 7.91. The first-order valence-corrected chi connectivity index (χ1v) is 12.7. The molecule has 0 spiro atoms. The third-order valence-electron chi connectivity index (χ3n) is 6.55. The van der Waals surface area contributed by atoms with E-state index >= 15 is 0 Å². The normalized spacial score (nSPS) is 19.1. The van der Waals surface area contributed by atoms with Gasteiger partial charge in [-0.1, -0.05) is 13.8 Å². The third-order valence-corrected chi connectivity index (χ3v) is 7.83. The van der Waals surface area contributed by atoms with Crippen LogP contribution in [-0.4, -0.2) is 52.9 Å². The van der Waals surface area contributed by atoms with Crippen molar-refractivity contribution in [3.63, 3.8) is 0 Å². The second-order valence-electron chi connectivity index (χ2n) is 9.46. The molecule has 180 valence electrons. The highest BCUT2D eigenvalue weighted by Crippen LogP contribution is 2.42. The van der Waals surface area contributed by atoms with Crippen molar-refractivity contribution in [1.29, 1.82) is 0 Å². The van der Waals surface area contributed by atoms with Gasteiger partial charge < -0.3 is 15.3 Å². The Balaban J connectivity index is 1.66. The summed E-state index contributed by atoms with van der Waals surface area (Å²) in [7, 11) is -3.66. The molecule has 11 heteroatoms. The van der Waals surface area contributed by atoms with Crippen LogP contribution in [0.1, 0.15) is 60.5 Å². The summed E-state index contributed by atoms with van der Waals surface area (Å²) in [6.45, 7) is 3.26.